The first-order chi connectivity index (χ1) is 31.6. The minimum atomic E-state index is -0.0837. The molecule has 0 saturated carbocycles. The fourth-order valence-corrected chi connectivity index (χ4v) is 11.7. The van der Waals surface area contributed by atoms with Crippen LogP contribution in [0.3, 0.4) is 0 Å². The summed E-state index contributed by atoms with van der Waals surface area (Å²) in [5, 5.41) is 13.9. The van der Waals surface area contributed by atoms with E-state index < -0.39 is 0 Å². The molecule has 0 aliphatic carbocycles. The topological polar surface area (TPSA) is 26.9 Å². The van der Waals surface area contributed by atoms with Gasteiger partial charge in [0.25, 0.3) is 0 Å². The van der Waals surface area contributed by atoms with Crippen LogP contribution in [-0.2, 0) is 16.2 Å². The normalized spacial score (nSPS) is 13.5. The van der Waals surface area contributed by atoms with Gasteiger partial charge in [-0.2, -0.15) is 0 Å². The molecule has 0 saturated heterocycles. The number of fused-ring (bicyclic) bond motifs is 18. The van der Waals surface area contributed by atoms with Crippen molar-refractivity contribution >= 4 is 109 Å². The van der Waals surface area contributed by atoms with Crippen LogP contribution in [0.4, 0.5) is 0 Å². The SMILES string of the molecule is CC(C)(C)c1cc(-c2ccc3c(c2)c2ccccc2n3-c2ccccc2)c2c(c1)c1cc(C(C)(C)C)cc3c4c(ccc5c6cc(C(C)(C)C)cc7c8c9ccccc9oc8n(c67)c54)n2c13. The Morgan fingerprint density at radius 2 is 0.909 bits per heavy atom. The highest BCUT2D eigenvalue weighted by Gasteiger charge is 2.31. The molecule has 4 nitrogen and oxygen atoms in total. The summed E-state index contributed by atoms with van der Waals surface area (Å²) in [5.41, 5.74) is 18.0. The number of nitrogens with zero attached hydrogens (tertiary/aromatic N) is 3. The van der Waals surface area contributed by atoms with Gasteiger partial charge in [-0.3, -0.25) is 4.40 Å². The second-order valence-electron chi connectivity index (χ2n) is 22.2. The van der Waals surface area contributed by atoms with Gasteiger partial charge in [0.1, 0.15) is 5.58 Å². The number of hydrogen-bond acceptors (Lipinski definition) is 1. The van der Waals surface area contributed by atoms with Crippen LogP contribution in [0.5, 0.6) is 0 Å². The zero-order chi connectivity index (χ0) is 44.9. The van der Waals surface area contributed by atoms with Crippen LogP contribution in [0.25, 0.3) is 126 Å². The first-order valence-electron chi connectivity index (χ1n) is 23.6. The number of para-hydroxylation sites is 3. The lowest BCUT2D eigenvalue weighted by Crippen LogP contribution is -2.11. The molecule has 0 unspecified atom stereocenters. The summed E-state index contributed by atoms with van der Waals surface area (Å²) < 4.78 is 14.5. The maximum absolute atomic E-state index is 6.99. The van der Waals surface area contributed by atoms with Crippen LogP contribution in [0.1, 0.15) is 79.0 Å². The molecule has 0 spiro atoms. The molecular weight excluding hydrogens is 803 g/mol. The van der Waals surface area contributed by atoms with Gasteiger partial charge in [0.05, 0.1) is 44.0 Å². The van der Waals surface area contributed by atoms with E-state index in [9.17, 15) is 0 Å². The molecule has 0 radical (unpaired) electrons. The molecule has 4 heteroatoms. The minimum Gasteiger partial charge on any atom is -0.439 e. The Morgan fingerprint density at radius 1 is 0.364 bits per heavy atom. The Kier molecular flexibility index (Phi) is 7.10. The summed E-state index contributed by atoms with van der Waals surface area (Å²) in [4.78, 5) is 0. The Hall–Kier alpha value is -7.30. The lowest BCUT2D eigenvalue weighted by atomic mass is 9.83. The number of rotatable bonds is 2. The summed E-state index contributed by atoms with van der Waals surface area (Å²) in [6, 6.07) is 55.1. The predicted molar refractivity (Wildman–Crippen MR) is 281 cm³/mol. The van der Waals surface area contributed by atoms with Crippen LogP contribution < -0.4 is 0 Å². The molecule has 66 heavy (non-hydrogen) atoms. The van der Waals surface area contributed by atoms with Gasteiger partial charge in [-0.05, 0) is 117 Å². The summed E-state index contributed by atoms with van der Waals surface area (Å²) in [7, 11) is 0. The molecule has 14 aromatic rings. The van der Waals surface area contributed by atoms with E-state index in [0.29, 0.717) is 0 Å². The molecule has 0 aliphatic heterocycles. The Labute approximate surface area is 382 Å². The Morgan fingerprint density at radius 3 is 1.62 bits per heavy atom. The quantitative estimate of drug-likeness (QED) is 0.170. The third-order valence-corrected chi connectivity index (χ3v) is 15.1. The second kappa shape index (κ2) is 12.3. The smallest absolute Gasteiger partial charge is 0.213 e. The standard InChI is InChI=1S/C62H51N3O/c1-60(2,3)35-28-42(34-23-25-50-43(27-34)39-19-13-15-21-49(39)63(50)38-17-11-10-12-18-38)55-45(30-35)46-31-37(62(7,8)9)33-48-54-51(64(55)56(46)48)26-24-40-44-29-36(61(4,5)6)32-47-53-41-20-14-16-22-52(41)66-59(53)65(57(44)47)58(40)54/h10-33H,1-9H3. The van der Waals surface area contributed by atoms with E-state index in [1.807, 2.05) is 0 Å². The zero-order valence-electron chi connectivity index (χ0n) is 39.1. The number of furan rings is 1. The molecule has 320 valence electrons. The summed E-state index contributed by atoms with van der Waals surface area (Å²) in [5.74, 6) is 0. The monoisotopic (exact) mass is 853 g/mol. The third kappa shape index (κ3) is 4.84. The average molecular weight is 854 g/mol. The van der Waals surface area contributed by atoms with Gasteiger partial charge in [0.2, 0.25) is 5.71 Å². The highest BCUT2D eigenvalue weighted by atomic mass is 16.3. The van der Waals surface area contributed by atoms with Crippen molar-refractivity contribution in [2.75, 3.05) is 0 Å². The molecule has 0 fully saturated rings. The lowest BCUT2D eigenvalue weighted by molar-refractivity contribution is 0.591. The van der Waals surface area contributed by atoms with Gasteiger partial charge in [0.15, 0.2) is 0 Å². The van der Waals surface area contributed by atoms with Crippen molar-refractivity contribution < 1.29 is 4.42 Å². The molecule has 0 aliphatic rings. The summed E-state index contributed by atoms with van der Waals surface area (Å²) in [6.07, 6.45) is 0. The average Bonchev–Trinajstić information content (AvgIpc) is 4.13. The molecule has 0 amide bonds. The van der Waals surface area contributed by atoms with E-state index in [1.165, 1.54) is 131 Å². The minimum absolute atomic E-state index is 0.0373. The fourth-order valence-electron chi connectivity index (χ4n) is 11.7. The molecule has 0 N–H and O–H groups in total. The Bertz CT molecular complexity index is 4370. The van der Waals surface area contributed by atoms with Crippen molar-refractivity contribution in [3.8, 4) is 16.8 Å². The van der Waals surface area contributed by atoms with E-state index in [4.69, 9.17) is 4.42 Å². The van der Waals surface area contributed by atoms with Crippen LogP contribution >= 0.6 is 0 Å². The van der Waals surface area contributed by atoms with Gasteiger partial charge in [-0.15, -0.1) is 0 Å². The van der Waals surface area contributed by atoms with Crippen molar-refractivity contribution in [3.05, 3.63) is 162 Å². The summed E-state index contributed by atoms with van der Waals surface area (Å²) in [6.45, 7) is 21.1. The summed E-state index contributed by atoms with van der Waals surface area (Å²) >= 11 is 0. The van der Waals surface area contributed by atoms with Gasteiger partial charge in [-0.25, -0.2) is 0 Å². The zero-order valence-corrected chi connectivity index (χ0v) is 39.1. The number of aromatic nitrogens is 3. The first kappa shape index (κ1) is 38.0. The largest absolute Gasteiger partial charge is 0.439 e. The molecule has 0 bridgehead atoms. The molecule has 8 aromatic carbocycles. The van der Waals surface area contributed by atoms with Crippen LogP contribution in [0, 0.1) is 0 Å². The highest BCUT2D eigenvalue weighted by molar-refractivity contribution is 6.35. The molecule has 14 rings (SSSR count). The predicted octanol–water partition coefficient (Wildman–Crippen LogP) is 17.4. The maximum atomic E-state index is 6.99. The number of hydrogen-bond donors (Lipinski definition) is 0. The molecule has 6 heterocycles. The van der Waals surface area contributed by atoms with Crippen LogP contribution in [-0.4, -0.2) is 13.4 Å². The lowest BCUT2D eigenvalue weighted by Gasteiger charge is -2.22. The third-order valence-electron chi connectivity index (χ3n) is 15.1. The van der Waals surface area contributed by atoms with E-state index in [0.717, 1.165) is 11.3 Å². The van der Waals surface area contributed by atoms with Crippen molar-refractivity contribution in [1.29, 1.82) is 0 Å². The number of benzene rings is 8. The van der Waals surface area contributed by atoms with Gasteiger partial charge in [0, 0.05) is 65.1 Å². The molecular formula is C62H51N3O. The van der Waals surface area contributed by atoms with Gasteiger partial charge in [-0.1, -0.05) is 129 Å². The highest BCUT2D eigenvalue weighted by Crippen LogP contribution is 2.51. The van der Waals surface area contributed by atoms with Crippen LogP contribution in [0.2, 0.25) is 0 Å². The molecule has 0 atom stereocenters. The second-order valence-corrected chi connectivity index (χ2v) is 22.2. The van der Waals surface area contributed by atoms with Gasteiger partial charge < -0.3 is 13.4 Å². The van der Waals surface area contributed by atoms with Crippen molar-refractivity contribution in [3.63, 3.8) is 0 Å². The van der Waals surface area contributed by atoms with Crippen LogP contribution in [0.15, 0.2) is 150 Å². The maximum Gasteiger partial charge on any atom is 0.213 e. The van der Waals surface area contributed by atoms with E-state index in [-0.39, 0.29) is 16.2 Å². The van der Waals surface area contributed by atoms with Crippen molar-refractivity contribution in [1.82, 2.24) is 13.4 Å². The fraction of sp³-hybridized carbons (Fsp3) is 0.194. The Balaban J connectivity index is 1.18. The first-order valence-corrected chi connectivity index (χ1v) is 23.6. The van der Waals surface area contributed by atoms with Crippen molar-refractivity contribution in [2.45, 2.75) is 78.6 Å². The van der Waals surface area contributed by atoms with E-state index >= 15 is 0 Å². The van der Waals surface area contributed by atoms with Crippen molar-refractivity contribution in [2.24, 2.45) is 0 Å². The molecule has 6 aromatic heterocycles. The van der Waals surface area contributed by atoms with E-state index in [1.54, 1.807) is 0 Å². The van der Waals surface area contributed by atoms with E-state index in [2.05, 4.69) is 221 Å². The van der Waals surface area contributed by atoms with Gasteiger partial charge >= 0.3 is 0 Å².